The van der Waals surface area contributed by atoms with Crippen LogP contribution in [-0.2, 0) is 0 Å². The number of hydrogen-bond acceptors (Lipinski definition) is 3. The van der Waals surface area contributed by atoms with E-state index in [9.17, 15) is 4.79 Å². The van der Waals surface area contributed by atoms with E-state index < -0.39 is 0 Å². The maximum Gasteiger partial charge on any atom is 0.254 e. The van der Waals surface area contributed by atoms with Gasteiger partial charge in [-0.05, 0) is 38.0 Å². The van der Waals surface area contributed by atoms with Crippen LogP contribution in [0, 0.1) is 0 Å². The summed E-state index contributed by atoms with van der Waals surface area (Å²) in [5, 5.41) is 0. The Morgan fingerprint density at radius 3 is 2.75 bits per heavy atom. The van der Waals surface area contributed by atoms with Crippen molar-refractivity contribution >= 4 is 5.91 Å². The minimum Gasteiger partial charge on any atom is -0.454 e. The third kappa shape index (κ3) is 3.06. The predicted molar refractivity (Wildman–Crippen MR) is 78.3 cm³/mol. The molecule has 0 fully saturated rings. The molecule has 110 valence electrons. The van der Waals surface area contributed by atoms with Crippen LogP contribution < -0.4 is 9.47 Å². The summed E-state index contributed by atoms with van der Waals surface area (Å²) in [6.07, 6.45) is 3.07. The predicted octanol–water partition coefficient (Wildman–Crippen LogP) is 3.46. The van der Waals surface area contributed by atoms with E-state index in [1.165, 1.54) is 0 Å². The van der Waals surface area contributed by atoms with E-state index in [0.29, 0.717) is 17.1 Å². The first-order chi connectivity index (χ1) is 9.67. The number of ether oxygens (including phenoxy) is 2. The average molecular weight is 277 g/mol. The molecule has 20 heavy (non-hydrogen) atoms. The number of amides is 1. The van der Waals surface area contributed by atoms with Crippen molar-refractivity contribution in [3.8, 4) is 11.5 Å². The maximum atomic E-state index is 12.7. The molecule has 1 atom stereocenters. The van der Waals surface area contributed by atoms with Crippen LogP contribution in [0.15, 0.2) is 18.2 Å². The molecular formula is C16H23NO3. The summed E-state index contributed by atoms with van der Waals surface area (Å²) in [4.78, 5) is 14.6. The fourth-order valence-electron chi connectivity index (χ4n) is 2.27. The number of fused-ring (bicyclic) bond motifs is 1. The summed E-state index contributed by atoms with van der Waals surface area (Å²) in [6, 6.07) is 5.66. The fraction of sp³-hybridized carbons (Fsp3) is 0.562. The lowest BCUT2D eigenvalue weighted by atomic mass is 10.1. The molecular weight excluding hydrogens is 254 g/mol. The van der Waals surface area contributed by atoms with E-state index in [4.69, 9.17) is 9.47 Å². The molecule has 2 rings (SSSR count). The Balaban J connectivity index is 2.18. The number of nitrogens with zero attached hydrogens (tertiary/aromatic N) is 1. The lowest BCUT2D eigenvalue weighted by Crippen LogP contribution is -2.39. The Hall–Kier alpha value is -1.71. The van der Waals surface area contributed by atoms with Gasteiger partial charge in [-0.2, -0.15) is 0 Å². The van der Waals surface area contributed by atoms with Crippen molar-refractivity contribution in [3.63, 3.8) is 0 Å². The van der Waals surface area contributed by atoms with Gasteiger partial charge in [0.05, 0.1) is 0 Å². The summed E-state index contributed by atoms with van der Waals surface area (Å²) < 4.78 is 10.6. The zero-order chi connectivity index (χ0) is 14.5. The smallest absolute Gasteiger partial charge is 0.254 e. The van der Waals surface area contributed by atoms with Crippen LogP contribution >= 0.6 is 0 Å². The first-order valence-corrected chi connectivity index (χ1v) is 7.38. The molecule has 0 aliphatic carbocycles. The topological polar surface area (TPSA) is 38.8 Å². The first kappa shape index (κ1) is 14.7. The molecule has 0 spiro atoms. The molecule has 0 N–H and O–H groups in total. The molecule has 1 amide bonds. The zero-order valence-corrected chi connectivity index (χ0v) is 12.5. The van der Waals surface area contributed by atoms with Gasteiger partial charge >= 0.3 is 0 Å². The molecule has 1 aromatic carbocycles. The third-order valence-electron chi connectivity index (χ3n) is 3.76. The number of carbonyl (C=O) groups is 1. The highest BCUT2D eigenvalue weighted by molar-refractivity contribution is 5.95. The highest BCUT2D eigenvalue weighted by Gasteiger charge is 2.22. The number of hydrogen-bond donors (Lipinski definition) is 0. The maximum absolute atomic E-state index is 12.7. The van der Waals surface area contributed by atoms with Gasteiger partial charge in [0, 0.05) is 18.2 Å². The first-order valence-electron chi connectivity index (χ1n) is 7.38. The Kier molecular flexibility index (Phi) is 4.88. The Labute approximate surface area is 120 Å². The van der Waals surface area contributed by atoms with Gasteiger partial charge in [0.15, 0.2) is 11.5 Å². The van der Waals surface area contributed by atoms with E-state index in [-0.39, 0.29) is 18.7 Å². The van der Waals surface area contributed by atoms with Crippen molar-refractivity contribution in [1.82, 2.24) is 4.90 Å². The van der Waals surface area contributed by atoms with Gasteiger partial charge in [0.25, 0.3) is 5.91 Å². The van der Waals surface area contributed by atoms with Gasteiger partial charge in [-0.1, -0.05) is 20.3 Å². The van der Waals surface area contributed by atoms with E-state index in [0.717, 1.165) is 25.8 Å². The van der Waals surface area contributed by atoms with Gasteiger partial charge in [0.2, 0.25) is 6.79 Å². The molecule has 0 saturated heterocycles. The quantitative estimate of drug-likeness (QED) is 0.799. The molecule has 0 saturated carbocycles. The summed E-state index contributed by atoms with van der Waals surface area (Å²) in [5.41, 5.74) is 0.672. The zero-order valence-electron chi connectivity index (χ0n) is 12.5. The lowest BCUT2D eigenvalue weighted by molar-refractivity contribution is 0.0685. The average Bonchev–Trinajstić information content (AvgIpc) is 2.94. The van der Waals surface area contributed by atoms with Gasteiger partial charge in [0.1, 0.15) is 0 Å². The molecule has 1 heterocycles. The van der Waals surface area contributed by atoms with E-state index >= 15 is 0 Å². The van der Waals surface area contributed by atoms with Crippen molar-refractivity contribution in [2.45, 2.75) is 46.1 Å². The van der Waals surface area contributed by atoms with Crippen molar-refractivity contribution in [2.75, 3.05) is 13.3 Å². The van der Waals surface area contributed by atoms with Crippen LogP contribution in [-0.4, -0.2) is 30.2 Å². The minimum atomic E-state index is 0.0751. The number of carbonyl (C=O) groups excluding carboxylic acids is 1. The van der Waals surface area contributed by atoms with Crippen LogP contribution in [0.1, 0.15) is 50.4 Å². The molecule has 0 aromatic heterocycles. The molecule has 0 unspecified atom stereocenters. The summed E-state index contributed by atoms with van der Waals surface area (Å²) >= 11 is 0. The highest BCUT2D eigenvalue weighted by atomic mass is 16.7. The van der Waals surface area contributed by atoms with Crippen LogP contribution in [0.3, 0.4) is 0 Å². The molecule has 4 heteroatoms. The third-order valence-corrected chi connectivity index (χ3v) is 3.76. The second-order valence-corrected chi connectivity index (χ2v) is 5.18. The largest absolute Gasteiger partial charge is 0.454 e. The number of unbranched alkanes of at least 4 members (excludes halogenated alkanes) is 1. The lowest BCUT2D eigenvalue weighted by Gasteiger charge is -2.28. The van der Waals surface area contributed by atoms with Crippen molar-refractivity contribution in [1.29, 1.82) is 0 Å². The van der Waals surface area contributed by atoms with E-state index in [1.807, 2.05) is 17.0 Å². The van der Waals surface area contributed by atoms with Crippen LogP contribution in [0.2, 0.25) is 0 Å². The van der Waals surface area contributed by atoms with Crippen LogP contribution in [0.4, 0.5) is 0 Å². The summed E-state index contributed by atoms with van der Waals surface area (Å²) in [5.74, 6) is 1.45. The van der Waals surface area contributed by atoms with Crippen molar-refractivity contribution in [2.24, 2.45) is 0 Å². The van der Waals surface area contributed by atoms with Gasteiger partial charge < -0.3 is 14.4 Å². The molecule has 1 aliphatic rings. The van der Waals surface area contributed by atoms with Gasteiger partial charge in [-0.15, -0.1) is 0 Å². The van der Waals surface area contributed by atoms with Gasteiger partial charge in [-0.3, -0.25) is 4.79 Å². The highest BCUT2D eigenvalue weighted by Crippen LogP contribution is 2.33. The minimum absolute atomic E-state index is 0.0751. The Morgan fingerprint density at radius 2 is 2.05 bits per heavy atom. The molecule has 1 aromatic rings. The second kappa shape index (κ2) is 6.64. The molecule has 1 aliphatic heterocycles. The van der Waals surface area contributed by atoms with Crippen LogP contribution in [0.5, 0.6) is 11.5 Å². The monoisotopic (exact) mass is 277 g/mol. The summed E-state index contributed by atoms with van der Waals surface area (Å²) in [7, 11) is 0. The molecule has 0 bridgehead atoms. The van der Waals surface area contributed by atoms with Gasteiger partial charge in [-0.25, -0.2) is 0 Å². The SMILES string of the molecule is CCCCN(C(=O)c1ccc2c(c1)OCO2)[C@H](C)CC. The van der Waals surface area contributed by atoms with E-state index in [1.54, 1.807) is 6.07 Å². The van der Waals surface area contributed by atoms with Crippen molar-refractivity contribution < 1.29 is 14.3 Å². The molecule has 0 radical (unpaired) electrons. The normalized spacial score (nSPS) is 14.2. The van der Waals surface area contributed by atoms with E-state index in [2.05, 4.69) is 20.8 Å². The second-order valence-electron chi connectivity index (χ2n) is 5.18. The fourth-order valence-corrected chi connectivity index (χ4v) is 2.27. The standard InChI is InChI=1S/C16H23NO3/c1-4-6-9-17(12(3)5-2)16(18)13-7-8-14-15(10-13)20-11-19-14/h7-8,10,12H,4-6,9,11H2,1-3H3/t12-/m1/s1. The number of rotatable bonds is 6. The summed E-state index contributed by atoms with van der Waals surface area (Å²) in [6.45, 7) is 7.38. The van der Waals surface area contributed by atoms with Crippen LogP contribution in [0.25, 0.3) is 0 Å². The Bertz CT molecular complexity index is 473. The Morgan fingerprint density at radius 1 is 1.30 bits per heavy atom. The number of benzene rings is 1. The van der Waals surface area contributed by atoms with Crippen molar-refractivity contribution in [3.05, 3.63) is 23.8 Å². The molecule has 4 nitrogen and oxygen atoms in total.